The number of hydrogen-bond acceptors (Lipinski definition) is 2. The Bertz CT molecular complexity index is 1010. The number of nitrogens with one attached hydrogen (secondary N) is 2. The fourth-order valence-corrected chi connectivity index (χ4v) is 2.65. The van der Waals surface area contributed by atoms with Crippen LogP contribution in [0.3, 0.4) is 0 Å². The molecule has 3 aromatic carbocycles. The number of carbonyl (C=O) groups excluding carboxylic acids is 2. The van der Waals surface area contributed by atoms with E-state index >= 15 is 0 Å². The Balaban J connectivity index is 1.77. The number of benzene rings is 3. The predicted molar refractivity (Wildman–Crippen MR) is 105 cm³/mol. The third-order valence-electron chi connectivity index (χ3n) is 4.32. The number of hydrogen-bond donors (Lipinski definition) is 2. The molecule has 0 spiro atoms. The van der Waals surface area contributed by atoms with Gasteiger partial charge >= 0.3 is 0 Å². The number of amides is 2. The van der Waals surface area contributed by atoms with E-state index in [1.807, 2.05) is 32.0 Å². The molecule has 0 aliphatic carbocycles. The minimum Gasteiger partial charge on any atom is -0.322 e. The Morgan fingerprint density at radius 1 is 0.778 bits per heavy atom. The molecule has 0 bridgehead atoms. The van der Waals surface area contributed by atoms with Crippen molar-refractivity contribution in [2.24, 2.45) is 0 Å². The summed E-state index contributed by atoms with van der Waals surface area (Å²) in [5.74, 6) is -1.15. The van der Waals surface area contributed by atoms with E-state index in [4.69, 9.17) is 0 Å². The van der Waals surface area contributed by atoms with Gasteiger partial charge in [0.05, 0.1) is 0 Å². The van der Waals surface area contributed by atoms with Crippen molar-refractivity contribution in [3.8, 4) is 0 Å². The Hall–Kier alpha value is -3.47. The topological polar surface area (TPSA) is 58.2 Å². The smallest absolute Gasteiger partial charge is 0.255 e. The third kappa shape index (κ3) is 4.39. The average Bonchev–Trinajstić information content (AvgIpc) is 2.65. The molecule has 0 fully saturated rings. The second kappa shape index (κ2) is 7.83. The second-order valence-electron chi connectivity index (χ2n) is 6.25. The molecule has 0 saturated heterocycles. The first-order valence-electron chi connectivity index (χ1n) is 8.48. The fourth-order valence-electron chi connectivity index (χ4n) is 2.65. The summed E-state index contributed by atoms with van der Waals surface area (Å²) in [5.41, 5.74) is 3.83. The van der Waals surface area contributed by atoms with Crippen LogP contribution in [-0.4, -0.2) is 11.8 Å². The highest BCUT2D eigenvalue weighted by Crippen LogP contribution is 2.19. The first kappa shape index (κ1) is 18.3. The van der Waals surface area contributed by atoms with Crippen molar-refractivity contribution < 1.29 is 14.0 Å². The van der Waals surface area contributed by atoms with Crippen LogP contribution in [0.2, 0.25) is 0 Å². The number of rotatable bonds is 4. The van der Waals surface area contributed by atoms with Gasteiger partial charge in [-0.1, -0.05) is 24.3 Å². The lowest BCUT2D eigenvalue weighted by atomic mass is 10.1. The van der Waals surface area contributed by atoms with E-state index in [1.165, 1.54) is 24.3 Å². The van der Waals surface area contributed by atoms with Crippen LogP contribution in [0.1, 0.15) is 31.8 Å². The predicted octanol–water partition coefficient (Wildman–Crippen LogP) is 4.95. The molecule has 0 heterocycles. The van der Waals surface area contributed by atoms with Gasteiger partial charge in [-0.3, -0.25) is 9.59 Å². The van der Waals surface area contributed by atoms with Gasteiger partial charge in [-0.05, 0) is 67.4 Å². The third-order valence-corrected chi connectivity index (χ3v) is 4.32. The summed E-state index contributed by atoms with van der Waals surface area (Å²) >= 11 is 0. The summed E-state index contributed by atoms with van der Waals surface area (Å²) in [6, 6.07) is 17.7. The van der Waals surface area contributed by atoms with Gasteiger partial charge in [-0.2, -0.15) is 0 Å². The van der Waals surface area contributed by atoms with E-state index in [0.29, 0.717) is 16.8 Å². The highest BCUT2D eigenvalue weighted by Gasteiger charge is 2.12. The maximum Gasteiger partial charge on any atom is 0.255 e. The molecule has 0 saturated carbocycles. The van der Waals surface area contributed by atoms with E-state index in [9.17, 15) is 14.0 Å². The molecule has 0 aromatic heterocycles. The van der Waals surface area contributed by atoms with Crippen molar-refractivity contribution in [3.63, 3.8) is 0 Å². The molecule has 4 nitrogen and oxygen atoms in total. The molecule has 0 atom stereocenters. The minimum absolute atomic E-state index is 0.302. The van der Waals surface area contributed by atoms with E-state index in [-0.39, 0.29) is 5.91 Å². The zero-order valence-corrected chi connectivity index (χ0v) is 15.0. The summed E-state index contributed by atoms with van der Waals surface area (Å²) < 4.78 is 13.3. The largest absolute Gasteiger partial charge is 0.322 e. The van der Waals surface area contributed by atoms with Crippen molar-refractivity contribution in [1.29, 1.82) is 0 Å². The van der Waals surface area contributed by atoms with E-state index in [1.54, 1.807) is 24.3 Å². The fraction of sp³-hybridized carbons (Fsp3) is 0.0909. The van der Waals surface area contributed by atoms with Gasteiger partial charge in [-0.15, -0.1) is 0 Å². The average molecular weight is 362 g/mol. The zero-order valence-electron chi connectivity index (χ0n) is 15.0. The van der Waals surface area contributed by atoms with Gasteiger partial charge in [-0.25, -0.2) is 4.39 Å². The Kier molecular flexibility index (Phi) is 5.31. The first-order chi connectivity index (χ1) is 12.9. The van der Waals surface area contributed by atoms with Crippen molar-refractivity contribution in [2.75, 3.05) is 10.6 Å². The van der Waals surface area contributed by atoms with Crippen LogP contribution < -0.4 is 10.6 Å². The Labute approximate surface area is 157 Å². The first-order valence-corrected chi connectivity index (χ1v) is 8.48. The summed E-state index contributed by atoms with van der Waals surface area (Å²) in [6.45, 7) is 3.91. The molecule has 2 N–H and O–H groups in total. The molecule has 136 valence electrons. The normalized spacial score (nSPS) is 10.3. The highest BCUT2D eigenvalue weighted by molar-refractivity contribution is 6.08. The highest BCUT2D eigenvalue weighted by atomic mass is 19.1. The van der Waals surface area contributed by atoms with Gasteiger partial charge in [0.2, 0.25) is 0 Å². The van der Waals surface area contributed by atoms with Gasteiger partial charge in [0.15, 0.2) is 0 Å². The quantitative estimate of drug-likeness (QED) is 0.690. The van der Waals surface area contributed by atoms with E-state index in [2.05, 4.69) is 10.6 Å². The Morgan fingerprint density at radius 3 is 2.11 bits per heavy atom. The Morgan fingerprint density at radius 2 is 1.41 bits per heavy atom. The van der Waals surface area contributed by atoms with E-state index in [0.717, 1.165) is 16.8 Å². The molecule has 0 aliphatic heterocycles. The second-order valence-corrected chi connectivity index (χ2v) is 6.25. The lowest BCUT2D eigenvalue weighted by molar-refractivity contribution is 0.102. The summed E-state index contributed by atoms with van der Waals surface area (Å²) in [4.78, 5) is 25.0. The summed E-state index contributed by atoms with van der Waals surface area (Å²) in [5, 5.41) is 5.49. The zero-order chi connectivity index (χ0) is 19.4. The van der Waals surface area contributed by atoms with Gasteiger partial charge in [0, 0.05) is 22.5 Å². The van der Waals surface area contributed by atoms with Crippen LogP contribution in [0.15, 0.2) is 66.7 Å². The number of anilines is 2. The van der Waals surface area contributed by atoms with Crippen LogP contribution in [0.5, 0.6) is 0 Å². The molecule has 0 unspecified atom stereocenters. The molecule has 5 heteroatoms. The molecular weight excluding hydrogens is 343 g/mol. The number of carbonyl (C=O) groups is 2. The van der Waals surface area contributed by atoms with Crippen LogP contribution in [0.4, 0.5) is 15.8 Å². The number of aryl methyl sites for hydroxylation is 1. The molecule has 27 heavy (non-hydrogen) atoms. The SMILES string of the molecule is Cc1cccc(NC(=O)c2cccc(C(=O)Nc3cccc(F)c3)c2)c1C. The molecular formula is C22H19FN2O2. The van der Waals surface area contributed by atoms with Gasteiger partial charge < -0.3 is 10.6 Å². The van der Waals surface area contributed by atoms with E-state index < -0.39 is 11.7 Å². The van der Waals surface area contributed by atoms with Gasteiger partial charge in [0.25, 0.3) is 11.8 Å². The monoisotopic (exact) mass is 362 g/mol. The summed E-state index contributed by atoms with van der Waals surface area (Å²) in [6.07, 6.45) is 0. The standard InChI is InChI=1S/C22H19FN2O2/c1-14-6-3-11-20(15(14)2)25-22(27)17-8-4-7-16(12-17)21(26)24-19-10-5-9-18(23)13-19/h3-13H,1-2H3,(H,24,26)(H,25,27). The molecule has 3 aromatic rings. The van der Waals surface area contributed by atoms with Crippen molar-refractivity contribution in [3.05, 3.63) is 94.8 Å². The van der Waals surface area contributed by atoms with Crippen molar-refractivity contribution in [1.82, 2.24) is 0 Å². The molecule has 2 amide bonds. The molecule has 3 rings (SSSR count). The minimum atomic E-state index is -0.436. The lowest BCUT2D eigenvalue weighted by Crippen LogP contribution is -2.16. The van der Waals surface area contributed by atoms with Crippen molar-refractivity contribution in [2.45, 2.75) is 13.8 Å². The maximum atomic E-state index is 13.3. The lowest BCUT2D eigenvalue weighted by Gasteiger charge is -2.11. The number of halogens is 1. The van der Waals surface area contributed by atoms with Gasteiger partial charge in [0.1, 0.15) is 5.82 Å². The maximum absolute atomic E-state index is 13.3. The summed E-state index contributed by atoms with van der Waals surface area (Å²) in [7, 11) is 0. The molecule has 0 radical (unpaired) electrons. The van der Waals surface area contributed by atoms with Crippen LogP contribution >= 0.6 is 0 Å². The van der Waals surface area contributed by atoms with Crippen LogP contribution in [-0.2, 0) is 0 Å². The van der Waals surface area contributed by atoms with Crippen molar-refractivity contribution >= 4 is 23.2 Å². The molecule has 0 aliphatic rings. The van der Waals surface area contributed by atoms with Crippen LogP contribution in [0, 0.1) is 19.7 Å². The van der Waals surface area contributed by atoms with Crippen LogP contribution in [0.25, 0.3) is 0 Å².